The highest BCUT2D eigenvalue weighted by Crippen LogP contribution is 2.19. The first kappa shape index (κ1) is 20.0. The van der Waals surface area contributed by atoms with Gasteiger partial charge in [0.2, 0.25) is 0 Å². The Kier molecular flexibility index (Phi) is 7.53. The van der Waals surface area contributed by atoms with Crippen LogP contribution in [0.5, 0.6) is 5.75 Å². The topological polar surface area (TPSA) is 60.0 Å². The van der Waals surface area contributed by atoms with Gasteiger partial charge in [0.05, 0.1) is 6.21 Å². The van der Waals surface area contributed by atoms with Crippen LogP contribution in [0.15, 0.2) is 89.1 Å². The fourth-order valence-corrected chi connectivity index (χ4v) is 3.11. The van der Waals surface area contributed by atoms with Crippen LogP contribution in [0.1, 0.15) is 16.7 Å². The van der Waals surface area contributed by atoms with Crippen LogP contribution >= 0.6 is 23.4 Å². The van der Waals surface area contributed by atoms with Gasteiger partial charge in [0.15, 0.2) is 5.17 Å². The van der Waals surface area contributed by atoms with Gasteiger partial charge in [-0.2, -0.15) is 5.10 Å². The van der Waals surface area contributed by atoms with Crippen LogP contribution in [0.25, 0.3) is 0 Å². The summed E-state index contributed by atoms with van der Waals surface area (Å²) in [6.45, 7) is 0.445. The maximum absolute atomic E-state index is 5.93. The highest BCUT2D eigenvalue weighted by atomic mass is 35.5. The fraction of sp³-hybridized carbons (Fsp3) is 0.0909. The number of para-hydroxylation sites is 1. The molecule has 0 heterocycles. The summed E-state index contributed by atoms with van der Waals surface area (Å²) in [5.74, 6) is 1.49. The number of halogens is 1. The van der Waals surface area contributed by atoms with Crippen molar-refractivity contribution in [3.8, 4) is 5.75 Å². The minimum absolute atomic E-state index is 0.416. The number of hydrogen-bond donors (Lipinski definition) is 1. The van der Waals surface area contributed by atoms with Crippen molar-refractivity contribution in [2.24, 2.45) is 15.9 Å². The number of amidine groups is 1. The summed E-state index contributed by atoms with van der Waals surface area (Å²) >= 11 is 7.36. The maximum Gasteiger partial charge on any atom is 0.180 e. The zero-order valence-corrected chi connectivity index (χ0v) is 16.7. The third kappa shape index (κ3) is 6.44. The lowest BCUT2D eigenvalue weighted by atomic mass is 10.2. The SMILES string of the molecule is NC(=NN=Cc1ccccc1OCc1ccc(Cl)cc1)SCc1ccccc1. The summed E-state index contributed by atoms with van der Waals surface area (Å²) in [6, 6.07) is 25.3. The third-order valence-corrected chi connectivity index (χ3v) is 4.92. The third-order valence-electron chi connectivity index (χ3n) is 3.81. The van der Waals surface area contributed by atoms with Gasteiger partial charge in [0, 0.05) is 16.3 Å². The summed E-state index contributed by atoms with van der Waals surface area (Å²) in [7, 11) is 0. The van der Waals surface area contributed by atoms with Crippen LogP contribution in [0.3, 0.4) is 0 Å². The largest absolute Gasteiger partial charge is 0.488 e. The summed E-state index contributed by atoms with van der Waals surface area (Å²) in [4.78, 5) is 0. The normalized spacial score (nSPS) is 11.7. The molecule has 0 aliphatic carbocycles. The van der Waals surface area contributed by atoms with Gasteiger partial charge in [-0.25, -0.2) is 0 Å². The van der Waals surface area contributed by atoms with E-state index in [1.54, 1.807) is 6.21 Å². The number of nitrogens with zero attached hydrogens (tertiary/aromatic N) is 2. The van der Waals surface area contributed by atoms with Crippen LogP contribution in [0, 0.1) is 0 Å². The van der Waals surface area contributed by atoms with Gasteiger partial charge in [0.1, 0.15) is 12.4 Å². The number of rotatable bonds is 7. The molecule has 0 fully saturated rings. The van der Waals surface area contributed by atoms with Gasteiger partial charge in [-0.05, 0) is 35.4 Å². The van der Waals surface area contributed by atoms with E-state index in [0.717, 1.165) is 22.6 Å². The average molecular weight is 410 g/mol. The van der Waals surface area contributed by atoms with Gasteiger partial charge < -0.3 is 10.5 Å². The van der Waals surface area contributed by atoms with Gasteiger partial charge >= 0.3 is 0 Å². The van der Waals surface area contributed by atoms with E-state index in [1.807, 2.05) is 66.7 Å². The Balaban J connectivity index is 1.58. The predicted molar refractivity (Wildman–Crippen MR) is 119 cm³/mol. The van der Waals surface area contributed by atoms with Gasteiger partial charge in [0.25, 0.3) is 0 Å². The van der Waals surface area contributed by atoms with E-state index in [-0.39, 0.29) is 0 Å². The van der Waals surface area contributed by atoms with Crippen LogP contribution < -0.4 is 10.5 Å². The van der Waals surface area contributed by atoms with Crippen molar-refractivity contribution in [3.05, 3.63) is 101 Å². The van der Waals surface area contributed by atoms with E-state index < -0.39 is 0 Å². The molecule has 0 atom stereocenters. The second-order valence-electron chi connectivity index (χ2n) is 5.91. The molecule has 6 heteroatoms. The number of nitrogens with two attached hydrogens (primary N) is 1. The average Bonchev–Trinajstić information content (AvgIpc) is 2.73. The molecule has 0 radical (unpaired) electrons. The van der Waals surface area contributed by atoms with Crippen molar-refractivity contribution >= 4 is 34.7 Å². The van der Waals surface area contributed by atoms with Crippen LogP contribution in [-0.2, 0) is 12.4 Å². The summed E-state index contributed by atoms with van der Waals surface area (Å²) in [5.41, 5.74) is 8.99. The molecule has 2 N–H and O–H groups in total. The molecular weight excluding hydrogens is 390 g/mol. The molecule has 4 nitrogen and oxygen atoms in total. The molecule has 3 rings (SSSR count). The maximum atomic E-state index is 5.93. The highest BCUT2D eigenvalue weighted by Gasteiger charge is 2.02. The Morgan fingerprint density at radius 1 is 0.929 bits per heavy atom. The van der Waals surface area contributed by atoms with E-state index in [9.17, 15) is 0 Å². The molecule has 0 spiro atoms. The zero-order valence-electron chi connectivity index (χ0n) is 15.2. The number of benzene rings is 3. The molecule has 3 aromatic rings. The molecule has 0 amide bonds. The summed E-state index contributed by atoms with van der Waals surface area (Å²) < 4.78 is 5.91. The predicted octanol–water partition coefficient (Wildman–Crippen LogP) is 5.50. The molecule has 0 aliphatic heterocycles. The molecule has 0 saturated carbocycles. The van der Waals surface area contributed by atoms with E-state index in [2.05, 4.69) is 22.3 Å². The number of thioether (sulfide) groups is 1. The highest BCUT2D eigenvalue weighted by molar-refractivity contribution is 8.13. The van der Waals surface area contributed by atoms with Crippen LogP contribution in [0.4, 0.5) is 0 Å². The Bertz CT molecular complexity index is 944. The molecule has 142 valence electrons. The quantitative estimate of drug-likeness (QED) is 0.318. The van der Waals surface area contributed by atoms with Crippen molar-refractivity contribution in [1.82, 2.24) is 0 Å². The van der Waals surface area contributed by atoms with E-state index >= 15 is 0 Å². The first-order valence-electron chi connectivity index (χ1n) is 8.70. The minimum atomic E-state index is 0.416. The van der Waals surface area contributed by atoms with Gasteiger partial charge in [-0.3, -0.25) is 0 Å². The Morgan fingerprint density at radius 2 is 1.64 bits per heavy atom. The molecule has 28 heavy (non-hydrogen) atoms. The zero-order chi connectivity index (χ0) is 19.6. The first-order valence-corrected chi connectivity index (χ1v) is 10.1. The number of ether oxygens (including phenoxy) is 1. The van der Waals surface area contributed by atoms with Crippen LogP contribution in [-0.4, -0.2) is 11.4 Å². The second-order valence-corrected chi connectivity index (χ2v) is 7.34. The Hall–Kier alpha value is -2.76. The van der Waals surface area contributed by atoms with Crippen molar-refractivity contribution in [2.45, 2.75) is 12.4 Å². The van der Waals surface area contributed by atoms with Crippen molar-refractivity contribution in [3.63, 3.8) is 0 Å². The monoisotopic (exact) mass is 409 g/mol. The van der Waals surface area contributed by atoms with E-state index in [4.69, 9.17) is 22.1 Å². The molecule has 3 aromatic carbocycles. The summed E-state index contributed by atoms with van der Waals surface area (Å²) in [6.07, 6.45) is 1.65. The smallest absolute Gasteiger partial charge is 0.180 e. The molecule has 0 unspecified atom stereocenters. The lowest BCUT2D eigenvalue weighted by Crippen LogP contribution is -2.06. The van der Waals surface area contributed by atoms with E-state index in [1.165, 1.54) is 17.3 Å². The van der Waals surface area contributed by atoms with E-state index in [0.29, 0.717) is 16.8 Å². The standard InChI is InChI=1S/C22H20ClN3OS/c23-20-12-10-17(11-13-20)15-27-21-9-5-4-8-19(21)14-25-26-22(24)28-16-18-6-2-1-3-7-18/h1-14H,15-16H2,(H2,24,26). The first-order chi connectivity index (χ1) is 13.7. The van der Waals surface area contributed by atoms with Gasteiger partial charge in [-0.1, -0.05) is 78.0 Å². The van der Waals surface area contributed by atoms with Crippen molar-refractivity contribution in [1.29, 1.82) is 0 Å². The molecule has 0 bridgehead atoms. The molecule has 0 saturated heterocycles. The molecule has 0 aliphatic rings. The van der Waals surface area contributed by atoms with Crippen molar-refractivity contribution < 1.29 is 4.74 Å². The lowest BCUT2D eigenvalue weighted by molar-refractivity contribution is 0.306. The second kappa shape index (κ2) is 10.5. The molecular formula is C22H20ClN3OS. The minimum Gasteiger partial charge on any atom is -0.488 e. The Morgan fingerprint density at radius 3 is 2.43 bits per heavy atom. The Labute approximate surface area is 174 Å². The number of hydrogen-bond acceptors (Lipinski definition) is 4. The summed E-state index contributed by atoms with van der Waals surface area (Å²) in [5, 5.41) is 9.28. The van der Waals surface area contributed by atoms with Gasteiger partial charge in [-0.15, -0.1) is 5.10 Å². The van der Waals surface area contributed by atoms with Crippen LogP contribution in [0.2, 0.25) is 5.02 Å². The molecule has 0 aromatic heterocycles. The lowest BCUT2D eigenvalue weighted by Gasteiger charge is -2.08. The fourth-order valence-electron chi connectivity index (χ4n) is 2.37. The van der Waals surface area contributed by atoms with Crippen molar-refractivity contribution in [2.75, 3.05) is 0 Å².